The number of imidazole rings is 1. The minimum absolute atomic E-state index is 0.187. The summed E-state index contributed by atoms with van der Waals surface area (Å²) in [5.41, 5.74) is 1.78. The molecule has 0 aliphatic carbocycles. The molecule has 7 nitrogen and oxygen atoms in total. The van der Waals surface area contributed by atoms with E-state index in [4.69, 9.17) is 16.3 Å². The Kier molecular flexibility index (Phi) is 3.95. The first-order chi connectivity index (χ1) is 11.7. The highest BCUT2D eigenvalue weighted by molar-refractivity contribution is 6.30. The van der Waals surface area contributed by atoms with Gasteiger partial charge in [-0.3, -0.25) is 9.78 Å². The first-order valence-electron chi connectivity index (χ1n) is 7.73. The van der Waals surface area contributed by atoms with Crippen LogP contribution < -0.4 is 10.5 Å². The number of hydrogen-bond donors (Lipinski definition) is 1. The summed E-state index contributed by atoms with van der Waals surface area (Å²) < 4.78 is 7.13. The zero-order chi connectivity index (χ0) is 16.5. The highest BCUT2D eigenvalue weighted by Crippen LogP contribution is 2.15. The van der Waals surface area contributed by atoms with Gasteiger partial charge in [-0.05, 0) is 17.7 Å². The van der Waals surface area contributed by atoms with Crippen LogP contribution in [0.15, 0.2) is 35.4 Å². The fourth-order valence-electron chi connectivity index (χ4n) is 2.81. The molecule has 1 aliphatic rings. The van der Waals surface area contributed by atoms with Crippen LogP contribution in [0.1, 0.15) is 5.56 Å². The number of rotatable bonds is 3. The Labute approximate surface area is 142 Å². The minimum Gasteiger partial charge on any atom is -0.378 e. The van der Waals surface area contributed by atoms with Gasteiger partial charge in [0.15, 0.2) is 11.2 Å². The summed E-state index contributed by atoms with van der Waals surface area (Å²) in [6, 6.07) is 7.51. The summed E-state index contributed by atoms with van der Waals surface area (Å²) in [5.74, 6) is 0.549. The second-order valence-electron chi connectivity index (χ2n) is 5.66. The van der Waals surface area contributed by atoms with Crippen LogP contribution >= 0.6 is 11.6 Å². The molecule has 0 radical (unpaired) electrons. The molecule has 8 heteroatoms. The largest absolute Gasteiger partial charge is 0.378 e. The molecule has 0 spiro atoms. The van der Waals surface area contributed by atoms with Gasteiger partial charge in [-0.1, -0.05) is 23.7 Å². The van der Waals surface area contributed by atoms with Gasteiger partial charge < -0.3 is 14.2 Å². The zero-order valence-electron chi connectivity index (χ0n) is 12.9. The number of aromatic nitrogens is 4. The molecule has 1 aliphatic heterocycles. The number of fused-ring (bicyclic) bond motifs is 1. The van der Waals surface area contributed by atoms with Gasteiger partial charge in [0.1, 0.15) is 0 Å². The predicted molar refractivity (Wildman–Crippen MR) is 91.7 cm³/mol. The van der Waals surface area contributed by atoms with E-state index in [0.717, 1.165) is 5.56 Å². The van der Waals surface area contributed by atoms with Crippen LogP contribution in [0.25, 0.3) is 11.2 Å². The first-order valence-corrected chi connectivity index (χ1v) is 8.11. The molecule has 3 aromatic rings. The topological polar surface area (TPSA) is 76.0 Å². The number of benzene rings is 1. The monoisotopic (exact) mass is 345 g/mol. The smallest absolute Gasteiger partial charge is 0.278 e. The Morgan fingerprint density at radius 3 is 2.71 bits per heavy atom. The molecule has 3 heterocycles. The molecule has 0 bridgehead atoms. The Hall–Kier alpha value is -2.38. The van der Waals surface area contributed by atoms with Crippen LogP contribution in [0, 0.1) is 0 Å². The van der Waals surface area contributed by atoms with Crippen molar-refractivity contribution in [1.29, 1.82) is 0 Å². The van der Waals surface area contributed by atoms with Crippen LogP contribution in [0.2, 0.25) is 5.02 Å². The fourth-order valence-corrected chi connectivity index (χ4v) is 2.93. The SMILES string of the molecule is O=c1[nH]c(N2CCOCC2)nc2ncn(Cc3ccc(Cl)cc3)c12. The van der Waals surface area contributed by atoms with Crippen LogP contribution in [0.5, 0.6) is 0 Å². The molecular formula is C16H16ClN5O2. The van der Waals surface area contributed by atoms with Crippen molar-refractivity contribution in [3.63, 3.8) is 0 Å². The third-order valence-corrected chi connectivity index (χ3v) is 4.30. The number of nitrogens with one attached hydrogen (secondary N) is 1. The third-order valence-electron chi connectivity index (χ3n) is 4.05. The van der Waals surface area contributed by atoms with E-state index >= 15 is 0 Å². The minimum atomic E-state index is -0.187. The molecule has 0 atom stereocenters. The maximum atomic E-state index is 12.5. The molecule has 124 valence electrons. The number of nitrogens with zero attached hydrogens (tertiary/aromatic N) is 4. The molecule has 1 aromatic carbocycles. The summed E-state index contributed by atoms with van der Waals surface area (Å²) in [6.07, 6.45) is 1.64. The van der Waals surface area contributed by atoms with E-state index < -0.39 is 0 Å². The van der Waals surface area contributed by atoms with E-state index in [9.17, 15) is 4.79 Å². The quantitative estimate of drug-likeness (QED) is 0.781. The number of hydrogen-bond acceptors (Lipinski definition) is 5. The van der Waals surface area contributed by atoms with Crippen LogP contribution in [-0.2, 0) is 11.3 Å². The lowest BCUT2D eigenvalue weighted by Crippen LogP contribution is -2.38. The van der Waals surface area contributed by atoms with Crippen molar-refractivity contribution >= 4 is 28.7 Å². The molecule has 2 aromatic heterocycles. The highest BCUT2D eigenvalue weighted by Gasteiger charge is 2.17. The zero-order valence-corrected chi connectivity index (χ0v) is 13.7. The van der Waals surface area contributed by atoms with E-state index in [-0.39, 0.29) is 5.56 Å². The lowest BCUT2D eigenvalue weighted by molar-refractivity contribution is 0.122. The first kappa shape index (κ1) is 15.2. The standard InChI is InChI=1S/C16H16ClN5O2/c17-12-3-1-11(2-4-12)9-22-10-18-14-13(22)15(23)20-16(19-14)21-5-7-24-8-6-21/h1-4,10H,5-9H2,(H,19,20,23). The van der Waals surface area contributed by atoms with Crippen LogP contribution in [0.3, 0.4) is 0 Å². The average Bonchev–Trinajstić information content (AvgIpc) is 3.01. The van der Waals surface area contributed by atoms with Crippen molar-refractivity contribution in [2.45, 2.75) is 6.54 Å². The fraction of sp³-hybridized carbons (Fsp3) is 0.312. The van der Waals surface area contributed by atoms with Gasteiger partial charge in [-0.15, -0.1) is 0 Å². The summed E-state index contributed by atoms with van der Waals surface area (Å²) in [7, 11) is 0. The van der Waals surface area contributed by atoms with E-state index in [0.29, 0.717) is 55.0 Å². The Morgan fingerprint density at radius 1 is 1.21 bits per heavy atom. The molecule has 1 fully saturated rings. The van der Waals surface area contributed by atoms with Gasteiger partial charge in [-0.2, -0.15) is 4.98 Å². The maximum Gasteiger partial charge on any atom is 0.278 e. The van der Waals surface area contributed by atoms with Crippen molar-refractivity contribution in [3.8, 4) is 0 Å². The Balaban J connectivity index is 1.68. The number of aromatic amines is 1. The van der Waals surface area contributed by atoms with Gasteiger partial charge in [-0.25, -0.2) is 4.98 Å². The van der Waals surface area contributed by atoms with E-state index in [1.165, 1.54) is 0 Å². The van der Waals surface area contributed by atoms with E-state index in [1.54, 1.807) is 10.9 Å². The number of halogens is 1. The van der Waals surface area contributed by atoms with Crippen molar-refractivity contribution < 1.29 is 4.74 Å². The normalized spacial score (nSPS) is 15.1. The average molecular weight is 346 g/mol. The van der Waals surface area contributed by atoms with Crippen LogP contribution in [0.4, 0.5) is 5.95 Å². The third kappa shape index (κ3) is 2.88. The van der Waals surface area contributed by atoms with Gasteiger partial charge in [0.05, 0.1) is 19.5 Å². The molecule has 1 saturated heterocycles. The number of ether oxygens (including phenoxy) is 1. The molecular weight excluding hydrogens is 330 g/mol. The second-order valence-corrected chi connectivity index (χ2v) is 6.10. The van der Waals surface area contributed by atoms with Gasteiger partial charge >= 0.3 is 0 Å². The maximum absolute atomic E-state index is 12.5. The van der Waals surface area contributed by atoms with Crippen molar-refractivity contribution in [3.05, 3.63) is 51.5 Å². The number of H-pyrrole nitrogens is 1. The molecule has 0 amide bonds. The Morgan fingerprint density at radius 2 is 1.96 bits per heavy atom. The lowest BCUT2D eigenvalue weighted by atomic mass is 10.2. The van der Waals surface area contributed by atoms with E-state index in [2.05, 4.69) is 15.0 Å². The van der Waals surface area contributed by atoms with Crippen molar-refractivity contribution in [1.82, 2.24) is 19.5 Å². The summed E-state index contributed by atoms with van der Waals surface area (Å²) in [5, 5.41) is 0.684. The summed E-state index contributed by atoms with van der Waals surface area (Å²) >= 11 is 5.91. The van der Waals surface area contributed by atoms with Gasteiger partial charge in [0.25, 0.3) is 5.56 Å². The Bertz CT molecular complexity index is 912. The molecule has 0 unspecified atom stereocenters. The molecule has 0 saturated carbocycles. The van der Waals surface area contributed by atoms with Crippen molar-refractivity contribution in [2.75, 3.05) is 31.2 Å². The summed E-state index contributed by atoms with van der Waals surface area (Å²) in [6.45, 7) is 3.22. The van der Waals surface area contributed by atoms with Crippen LogP contribution in [-0.4, -0.2) is 45.8 Å². The second kappa shape index (κ2) is 6.26. The predicted octanol–water partition coefficient (Wildman–Crippen LogP) is 1.66. The number of anilines is 1. The van der Waals surface area contributed by atoms with Gasteiger partial charge in [0.2, 0.25) is 5.95 Å². The molecule has 24 heavy (non-hydrogen) atoms. The van der Waals surface area contributed by atoms with Gasteiger partial charge in [0, 0.05) is 24.7 Å². The highest BCUT2D eigenvalue weighted by atomic mass is 35.5. The lowest BCUT2D eigenvalue weighted by Gasteiger charge is -2.26. The van der Waals surface area contributed by atoms with E-state index in [1.807, 2.05) is 29.2 Å². The molecule has 1 N–H and O–H groups in total. The number of morpholine rings is 1. The summed E-state index contributed by atoms with van der Waals surface area (Å²) in [4.78, 5) is 26.2. The molecule has 4 rings (SSSR count). The van der Waals surface area contributed by atoms with Crippen molar-refractivity contribution in [2.24, 2.45) is 0 Å².